The lowest BCUT2D eigenvalue weighted by molar-refractivity contribution is 0.669. The van der Waals surface area contributed by atoms with E-state index in [1.165, 1.54) is 5.39 Å². The number of para-hydroxylation sites is 1. The van der Waals surface area contributed by atoms with E-state index in [2.05, 4.69) is 24.3 Å². The van der Waals surface area contributed by atoms with Crippen molar-refractivity contribution in [2.45, 2.75) is 4.90 Å². The number of benzene rings is 3. The molecule has 0 radical (unpaired) electrons. The molecule has 0 aliphatic carbocycles. The third-order valence-corrected chi connectivity index (χ3v) is 3.83. The summed E-state index contributed by atoms with van der Waals surface area (Å²) < 4.78 is 5.89. The summed E-state index contributed by atoms with van der Waals surface area (Å²) >= 11 is 4.70. The summed E-state index contributed by atoms with van der Waals surface area (Å²) in [6.45, 7) is 0. The van der Waals surface area contributed by atoms with Crippen LogP contribution >= 0.6 is 12.6 Å². The summed E-state index contributed by atoms with van der Waals surface area (Å²) in [5.41, 5.74) is 1.82. The number of rotatable bonds is 0. The Hall–Kier alpha value is -1.93. The molecule has 0 aliphatic heterocycles. The Morgan fingerprint density at radius 2 is 1.50 bits per heavy atom. The zero-order valence-electron chi connectivity index (χ0n) is 9.55. The molecule has 0 N–H and O–H groups in total. The molecule has 1 heterocycles. The molecule has 2 heteroatoms. The van der Waals surface area contributed by atoms with Crippen LogP contribution in [0.4, 0.5) is 0 Å². The summed E-state index contributed by atoms with van der Waals surface area (Å²) in [5.74, 6) is 0. The van der Waals surface area contributed by atoms with Crippen LogP contribution in [-0.2, 0) is 0 Å². The van der Waals surface area contributed by atoms with Gasteiger partial charge in [-0.3, -0.25) is 0 Å². The van der Waals surface area contributed by atoms with Crippen molar-refractivity contribution in [3.63, 3.8) is 0 Å². The van der Waals surface area contributed by atoms with Crippen molar-refractivity contribution >= 4 is 45.3 Å². The van der Waals surface area contributed by atoms with Crippen LogP contribution in [0.3, 0.4) is 0 Å². The first kappa shape index (κ1) is 10.0. The third kappa shape index (κ3) is 1.24. The van der Waals surface area contributed by atoms with Crippen LogP contribution in [0.5, 0.6) is 0 Å². The predicted octanol–water partition coefficient (Wildman–Crippen LogP) is 5.03. The first-order chi connectivity index (χ1) is 8.84. The SMILES string of the molecule is Sc1c2ccccc2cc2oc3ccccc3c12. The Labute approximate surface area is 109 Å². The predicted molar refractivity (Wildman–Crippen MR) is 78.5 cm³/mol. The lowest BCUT2D eigenvalue weighted by Gasteiger charge is -2.02. The Bertz CT molecular complexity index is 889. The lowest BCUT2D eigenvalue weighted by Crippen LogP contribution is -1.76. The average molecular weight is 250 g/mol. The van der Waals surface area contributed by atoms with Gasteiger partial charge in [0, 0.05) is 15.7 Å². The second-order valence-electron chi connectivity index (χ2n) is 4.42. The van der Waals surface area contributed by atoms with Crippen LogP contribution in [0, 0.1) is 0 Å². The fraction of sp³-hybridized carbons (Fsp3) is 0. The molecule has 4 rings (SSSR count). The second-order valence-corrected chi connectivity index (χ2v) is 4.86. The summed E-state index contributed by atoms with van der Waals surface area (Å²) in [6.07, 6.45) is 0. The number of hydrogen-bond donors (Lipinski definition) is 1. The molecule has 0 unspecified atom stereocenters. The van der Waals surface area contributed by atoms with Gasteiger partial charge in [-0.05, 0) is 22.9 Å². The van der Waals surface area contributed by atoms with E-state index in [4.69, 9.17) is 17.0 Å². The Morgan fingerprint density at radius 1 is 0.778 bits per heavy atom. The molecular weight excluding hydrogens is 240 g/mol. The highest BCUT2D eigenvalue weighted by atomic mass is 32.1. The van der Waals surface area contributed by atoms with Gasteiger partial charge in [0.2, 0.25) is 0 Å². The van der Waals surface area contributed by atoms with Crippen LogP contribution in [0.25, 0.3) is 32.7 Å². The normalized spacial score (nSPS) is 11.6. The van der Waals surface area contributed by atoms with E-state index in [0.717, 1.165) is 32.2 Å². The van der Waals surface area contributed by atoms with Gasteiger partial charge >= 0.3 is 0 Å². The van der Waals surface area contributed by atoms with Gasteiger partial charge < -0.3 is 4.42 Å². The zero-order chi connectivity index (χ0) is 12.1. The van der Waals surface area contributed by atoms with Gasteiger partial charge in [-0.25, -0.2) is 0 Å². The molecular formula is C16H10OS. The highest BCUT2D eigenvalue weighted by Gasteiger charge is 2.11. The maximum absolute atomic E-state index is 5.89. The molecule has 0 amide bonds. The molecule has 0 saturated carbocycles. The maximum Gasteiger partial charge on any atom is 0.137 e. The van der Waals surface area contributed by atoms with E-state index in [9.17, 15) is 0 Å². The number of furan rings is 1. The van der Waals surface area contributed by atoms with Crippen LogP contribution in [0.2, 0.25) is 0 Å². The van der Waals surface area contributed by atoms with Crippen molar-refractivity contribution in [1.82, 2.24) is 0 Å². The molecule has 0 fully saturated rings. The highest BCUT2D eigenvalue weighted by Crippen LogP contribution is 2.37. The van der Waals surface area contributed by atoms with Gasteiger partial charge in [0.05, 0.1) is 0 Å². The van der Waals surface area contributed by atoms with Gasteiger partial charge in [0.25, 0.3) is 0 Å². The van der Waals surface area contributed by atoms with Crippen molar-refractivity contribution in [1.29, 1.82) is 0 Å². The van der Waals surface area contributed by atoms with Crippen molar-refractivity contribution in [2.75, 3.05) is 0 Å². The van der Waals surface area contributed by atoms with Crippen molar-refractivity contribution in [2.24, 2.45) is 0 Å². The number of hydrogen-bond acceptors (Lipinski definition) is 2. The van der Waals surface area contributed by atoms with Gasteiger partial charge in [-0.15, -0.1) is 12.6 Å². The average Bonchev–Trinajstić information content (AvgIpc) is 2.77. The highest BCUT2D eigenvalue weighted by molar-refractivity contribution is 7.80. The first-order valence-electron chi connectivity index (χ1n) is 5.86. The molecule has 0 bridgehead atoms. The fourth-order valence-corrected chi connectivity index (χ4v) is 2.96. The molecule has 0 aliphatic rings. The monoisotopic (exact) mass is 250 g/mol. The van der Waals surface area contributed by atoms with Crippen molar-refractivity contribution < 1.29 is 4.42 Å². The topological polar surface area (TPSA) is 13.1 Å². The Morgan fingerprint density at radius 3 is 2.39 bits per heavy atom. The molecule has 0 spiro atoms. The first-order valence-corrected chi connectivity index (χ1v) is 6.31. The van der Waals surface area contributed by atoms with Crippen LogP contribution in [0.15, 0.2) is 63.9 Å². The largest absolute Gasteiger partial charge is 0.456 e. The minimum absolute atomic E-state index is 0.903. The second kappa shape index (κ2) is 3.53. The molecule has 86 valence electrons. The summed E-state index contributed by atoms with van der Waals surface area (Å²) in [7, 11) is 0. The molecule has 4 aromatic rings. The van der Waals surface area contributed by atoms with E-state index in [1.54, 1.807) is 0 Å². The van der Waals surface area contributed by atoms with E-state index in [1.807, 2.05) is 30.3 Å². The van der Waals surface area contributed by atoms with E-state index in [-0.39, 0.29) is 0 Å². The molecule has 1 aromatic heterocycles. The Balaban J connectivity index is 2.34. The van der Waals surface area contributed by atoms with Gasteiger partial charge in [0.15, 0.2) is 0 Å². The van der Waals surface area contributed by atoms with E-state index in [0.29, 0.717) is 0 Å². The van der Waals surface area contributed by atoms with Crippen LogP contribution in [0.1, 0.15) is 0 Å². The molecule has 0 saturated heterocycles. The van der Waals surface area contributed by atoms with Gasteiger partial charge in [-0.2, -0.15) is 0 Å². The van der Waals surface area contributed by atoms with Gasteiger partial charge in [0.1, 0.15) is 11.2 Å². The summed E-state index contributed by atoms with van der Waals surface area (Å²) in [5, 5.41) is 4.56. The molecule has 18 heavy (non-hydrogen) atoms. The smallest absolute Gasteiger partial charge is 0.137 e. The van der Waals surface area contributed by atoms with Crippen LogP contribution in [-0.4, -0.2) is 0 Å². The lowest BCUT2D eigenvalue weighted by atomic mass is 10.1. The van der Waals surface area contributed by atoms with Crippen molar-refractivity contribution in [3.8, 4) is 0 Å². The fourth-order valence-electron chi connectivity index (χ4n) is 2.52. The standard InChI is InChI=1S/C16H10OS/c18-16-11-6-2-1-5-10(11)9-14-15(16)12-7-3-4-8-13(12)17-14/h1-9,18H. The molecule has 1 nitrogen and oxygen atoms in total. The molecule has 0 atom stereocenters. The zero-order valence-corrected chi connectivity index (χ0v) is 10.4. The van der Waals surface area contributed by atoms with Crippen LogP contribution < -0.4 is 0 Å². The van der Waals surface area contributed by atoms with E-state index < -0.39 is 0 Å². The number of thiol groups is 1. The third-order valence-electron chi connectivity index (χ3n) is 3.36. The quantitative estimate of drug-likeness (QED) is 0.432. The summed E-state index contributed by atoms with van der Waals surface area (Å²) in [4.78, 5) is 0.994. The minimum atomic E-state index is 0.903. The summed E-state index contributed by atoms with van der Waals surface area (Å²) in [6, 6.07) is 18.4. The van der Waals surface area contributed by atoms with Crippen molar-refractivity contribution in [3.05, 3.63) is 54.6 Å². The minimum Gasteiger partial charge on any atom is -0.456 e. The Kier molecular flexibility index (Phi) is 1.97. The maximum atomic E-state index is 5.89. The number of fused-ring (bicyclic) bond motifs is 4. The molecule has 3 aromatic carbocycles. The van der Waals surface area contributed by atoms with E-state index >= 15 is 0 Å². The van der Waals surface area contributed by atoms with Gasteiger partial charge in [-0.1, -0.05) is 42.5 Å².